The molecule has 0 aromatic heterocycles. The molecule has 0 aliphatic rings. The third-order valence-corrected chi connectivity index (χ3v) is 3.61. The van der Waals surface area contributed by atoms with Gasteiger partial charge in [0.05, 0.1) is 12.0 Å². The number of methoxy groups -OCH3 is 1. The zero-order chi connectivity index (χ0) is 15.5. The molecule has 110 valence electrons. The highest BCUT2D eigenvalue weighted by atomic mass is 32.2. The number of carbonyl (C=O) groups is 2. The molecule has 3 N–H and O–H groups in total. The average molecular weight is 300 g/mol. The van der Waals surface area contributed by atoms with E-state index in [0.717, 1.165) is 6.26 Å². The van der Waals surface area contributed by atoms with Gasteiger partial charge < -0.3 is 15.8 Å². The van der Waals surface area contributed by atoms with Gasteiger partial charge in [-0.1, -0.05) is 0 Å². The minimum absolute atomic E-state index is 0.0566. The Hall–Kier alpha value is -2.09. The molecule has 0 fully saturated rings. The lowest BCUT2D eigenvalue weighted by atomic mass is 10.2. The van der Waals surface area contributed by atoms with Crippen LogP contribution >= 0.6 is 0 Å². The topological polar surface area (TPSA) is 116 Å². The number of hydrogen-bond donors (Lipinski definition) is 2. The van der Waals surface area contributed by atoms with E-state index in [1.54, 1.807) is 0 Å². The second-order valence-electron chi connectivity index (χ2n) is 4.28. The number of nitrogens with one attached hydrogen (secondary N) is 1. The van der Waals surface area contributed by atoms with Crippen molar-refractivity contribution in [1.29, 1.82) is 0 Å². The molecule has 20 heavy (non-hydrogen) atoms. The second-order valence-corrected chi connectivity index (χ2v) is 6.30. The molecule has 0 bridgehead atoms. The van der Waals surface area contributed by atoms with Gasteiger partial charge in [-0.2, -0.15) is 0 Å². The third-order valence-electron chi connectivity index (χ3n) is 2.52. The van der Waals surface area contributed by atoms with Crippen LogP contribution in [0.3, 0.4) is 0 Å². The molecule has 0 saturated heterocycles. The average Bonchev–Trinajstić information content (AvgIpc) is 2.35. The lowest BCUT2D eigenvalue weighted by Gasteiger charge is -2.12. The predicted molar refractivity (Wildman–Crippen MR) is 72.9 cm³/mol. The number of amides is 1. The van der Waals surface area contributed by atoms with Crippen LogP contribution in [0.15, 0.2) is 23.1 Å². The van der Waals surface area contributed by atoms with Crippen molar-refractivity contribution in [2.45, 2.75) is 17.9 Å². The number of ether oxygens (including phenoxy) is 1. The van der Waals surface area contributed by atoms with Crippen LogP contribution in [0.1, 0.15) is 17.3 Å². The monoisotopic (exact) mass is 300 g/mol. The van der Waals surface area contributed by atoms with Gasteiger partial charge in [0.25, 0.3) is 5.91 Å². The molecule has 1 rings (SSSR count). The highest BCUT2D eigenvalue weighted by Gasteiger charge is 2.18. The summed E-state index contributed by atoms with van der Waals surface area (Å²) in [7, 11) is -2.28. The summed E-state index contributed by atoms with van der Waals surface area (Å²) in [5, 5.41) is 2.39. The summed E-state index contributed by atoms with van der Waals surface area (Å²) in [6.45, 7) is 1.45. The van der Waals surface area contributed by atoms with E-state index in [9.17, 15) is 18.0 Å². The standard InChI is InChI=1S/C12H16N2O5S/c1-7(12(16)19-2)14-11(15)8-4-9(13)6-10(5-8)20(3,17)18/h4-7H,13H2,1-3H3,(H,14,15). The number of carbonyl (C=O) groups excluding carboxylic acids is 2. The molecule has 1 unspecified atom stereocenters. The molecule has 1 aromatic rings. The Morgan fingerprint density at radius 3 is 2.40 bits per heavy atom. The molecule has 0 spiro atoms. The van der Waals surface area contributed by atoms with E-state index >= 15 is 0 Å². The maximum Gasteiger partial charge on any atom is 0.328 e. The lowest BCUT2D eigenvalue weighted by molar-refractivity contribution is -0.142. The normalized spacial score (nSPS) is 12.6. The van der Waals surface area contributed by atoms with Crippen molar-refractivity contribution in [1.82, 2.24) is 5.32 Å². The predicted octanol–water partition coefficient (Wildman–Crippen LogP) is -0.0364. The molecular formula is C12H16N2O5S. The van der Waals surface area contributed by atoms with Gasteiger partial charge in [-0.15, -0.1) is 0 Å². The van der Waals surface area contributed by atoms with E-state index in [0.29, 0.717) is 0 Å². The molecule has 1 amide bonds. The summed E-state index contributed by atoms with van der Waals surface area (Å²) in [4.78, 5) is 23.1. The third kappa shape index (κ3) is 3.95. The van der Waals surface area contributed by atoms with Crippen molar-refractivity contribution in [2.24, 2.45) is 0 Å². The molecular weight excluding hydrogens is 284 g/mol. The van der Waals surface area contributed by atoms with E-state index in [1.807, 2.05) is 0 Å². The Bertz CT molecular complexity index is 639. The Kier molecular flexibility index (Phi) is 4.72. The van der Waals surface area contributed by atoms with Crippen molar-refractivity contribution in [2.75, 3.05) is 19.1 Å². The van der Waals surface area contributed by atoms with Crippen LogP contribution in [-0.4, -0.2) is 39.7 Å². The van der Waals surface area contributed by atoms with Crippen LogP contribution in [0.25, 0.3) is 0 Å². The van der Waals surface area contributed by atoms with Crippen LogP contribution in [0.5, 0.6) is 0 Å². The van der Waals surface area contributed by atoms with Gasteiger partial charge in [-0.3, -0.25) is 4.79 Å². The summed E-state index contributed by atoms with van der Waals surface area (Å²) in [6.07, 6.45) is 1.01. The van der Waals surface area contributed by atoms with Crippen LogP contribution in [0.2, 0.25) is 0 Å². The van der Waals surface area contributed by atoms with Crippen molar-refractivity contribution in [3.8, 4) is 0 Å². The molecule has 1 atom stereocenters. The lowest BCUT2D eigenvalue weighted by Crippen LogP contribution is -2.39. The van der Waals surface area contributed by atoms with E-state index in [2.05, 4.69) is 10.1 Å². The summed E-state index contributed by atoms with van der Waals surface area (Å²) in [5.74, 6) is -1.22. The highest BCUT2D eigenvalue weighted by Crippen LogP contribution is 2.17. The SMILES string of the molecule is COC(=O)C(C)NC(=O)c1cc(N)cc(S(C)(=O)=O)c1. The first-order valence-corrected chi connectivity index (χ1v) is 7.53. The van der Waals surface area contributed by atoms with Gasteiger partial charge in [0.2, 0.25) is 0 Å². The van der Waals surface area contributed by atoms with Gasteiger partial charge >= 0.3 is 5.97 Å². The summed E-state index contributed by atoms with van der Waals surface area (Å²) >= 11 is 0. The summed E-state index contributed by atoms with van der Waals surface area (Å²) in [5.41, 5.74) is 5.77. The smallest absolute Gasteiger partial charge is 0.328 e. The van der Waals surface area contributed by atoms with Gasteiger partial charge in [0.1, 0.15) is 6.04 Å². The molecule has 0 aliphatic carbocycles. The first-order valence-electron chi connectivity index (χ1n) is 5.64. The zero-order valence-corrected chi connectivity index (χ0v) is 12.2. The van der Waals surface area contributed by atoms with Gasteiger partial charge in [0.15, 0.2) is 9.84 Å². The number of nitrogens with two attached hydrogens (primary N) is 1. The number of nitrogen functional groups attached to an aromatic ring is 1. The molecule has 0 heterocycles. The number of rotatable bonds is 4. The summed E-state index contributed by atoms with van der Waals surface area (Å²) < 4.78 is 27.4. The molecule has 7 nitrogen and oxygen atoms in total. The fourth-order valence-corrected chi connectivity index (χ4v) is 2.17. The van der Waals surface area contributed by atoms with E-state index < -0.39 is 27.8 Å². The molecule has 1 aromatic carbocycles. The van der Waals surface area contributed by atoms with Gasteiger partial charge in [0, 0.05) is 17.5 Å². The van der Waals surface area contributed by atoms with Gasteiger partial charge in [-0.25, -0.2) is 13.2 Å². The van der Waals surface area contributed by atoms with E-state index in [-0.39, 0.29) is 16.1 Å². The zero-order valence-electron chi connectivity index (χ0n) is 11.3. The van der Waals surface area contributed by atoms with Crippen LogP contribution in [0, 0.1) is 0 Å². The highest BCUT2D eigenvalue weighted by molar-refractivity contribution is 7.90. The number of hydrogen-bond acceptors (Lipinski definition) is 6. The number of anilines is 1. The van der Waals surface area contributed by atoms with E-state index in [1.165, 1.54) is 32.2 Å². The van der Waals surface area contributed by atoms with Crippen molar-refractivity contribution in [3.05, 3.63) is 23.8 Å². The number of benzene rings is 1. The number of esters is 1. The maximum absolute atomic E-state index is 11.9. The quantitative estimate of drug-likeness (QED) is 0.595. The second kappa shape index (κ2) is 5.91. The minimum atomic E-state index is -3.48. The first-order chi connectivity index (χ1) is 9.15. The summed E-state index contributed by atoms with van der Waals surface area (Å²) in [6, 6.07) is 2.94. The van der Waals surface area contributed by atoms with Gasteiger partial charge in [-0.05, 0) is 25.1 Å². The molecule has 0 radical (unpaired) electrons. The van der Waals surface area contributed by atoms with Crippen molar-refractivity contribution >= 4 is 27.4 Å². The maximum atomic E-state index is 11.9. The Morgan fingerprint density at radius 2 is 1.90 bits per heavy atom. The van der Waals surface area contributed by atoms with Crippen LogP contribution in [0.4, 0.5) is 5.69 Å². The molecule has 8 heteroatoms. The van der Waals surface area contributed by atoms with Crippen LogP contribution < -0.4 is 11.1 Å². The van der Waals surface area contributed by atoms with Crippen molar-refractivity contribution < 1.29 is 22.7 Å². The largest absolute Gasteiger partial charge is 0.467 e. The molecule has 0 saturated carbocycles. The fraction of sp³-hybridized carbons (Fsp3) is 0.333. The number of sulfone groups is 1. The first kappa shape index (κ1) is 16.0. The van der Waals surface area contributed by atoms with E-state index in [4.69, 9.17) is 5.73 Å². The van der Waals surface area contributed by atoms with Crippen LogP contribution in [-0.2, 0) is 19.4 Å². The molecule has 0 aliphatic heterocycles. The van der Waals surface area contributed by atoms with Crippen molar-refractivity contribution in [3.63, 3.8) is 0 Å². The Morgan fingerprint density at radius 1 is 1.30 bits per heavy atom. The Balaban J connectivity index is 3.06. The Labute approximate surface area is 117 Å². The fourth-order valence-electron chi connectivity index (χ4n) is 1.48. The minimum Gasteiger partial charge on any atom is -0.467 e.